The number of ether oxygens (including phenoxy) is 3. The summed E-state index contributed by atoms with van der Waals surface area (Å²) in [4.78, 5) is 36.5. The molecule has 0 aliphatic heterocycles. The van der Waals surface area contributed by atoms with Crippen LogP contribution in [0.5, 0.6) is 17.2 Å². The number of carbonyl (C=O) groups is 3. The number of nitrogens with zero attached hydrogens (tertiary/aromatic N) is 1. The molecular weight excluding hydrogens is 524 g/mol. The predicted molar refractivity (Wildman–Crippen MR) is 150 cm³/mol. The van der Waals surface area contributed by atoms with Gasteiger partial charge in [-0.25, -0.2) is 5.43 Å². The van der Waals surface area contributed by atoms with Crippen molar-refractivity contribution < 1.29 is 28.6 Å². The van der Waals surface area contributed by atoms with Crippen LogP contribution in [0.4, 0.5) is 11.4 Å². The van der Waals surface area contributed by atoms with E-state index in [1.165, 1.54) is 13.3 Å². The van der Waals surface area contributed by atoms with Gasteiger partial charge in [0.1, 0.15) is 5.75 Å². The van der Waals surface area contributed by atoms with Gasteiger partial charge in [-0.05, 0) is 79.1 Å². The Morgan fingerprint density at radius 3 is 2.44 bits per heavy atom. The summed E-state index contributed by atoms with van der Waals surface area (Å²) in [7, 11) is 1.45. The number of hydrogen-bond donors (Lipinski definition) is 3. The molecule has 0 unspecified atom stereocenters. The number of amides is 3. The summed E-state index contributed by atoms with van der Waals surface area (Å²) in [6.07, 6.45) is 2.22. The zero-order valence-electron chi connectivity index (χ0n) is 21.7. The predicted octanol–water partition coefficient (Wildman–Crippen LogP) is 4.55. The molecule has 0 aromatic heterocycles. The molecule has 0 saturated carbocycles. The number of nitrogens with one attached hydrogen (secondary N) is 3. The van der Waals surface area contributed by atoms with Gasteiger partial charge < -0.3 is 24.8 Å². The zero-order valence-corrected chi connectivity index (χ0v) is 22.5. The normalized spacial score (nSPS) is 10.6. The van der Waals surface area contributed by atoms with E-state index in [0.717, 1.165) is 12.0 Å². The van der Waals surface area contributed by atoms with E-state index in [1.54, 1.807) is 67.6 Å². The third kappa shape index (κ3) is 8.75. The molecule has 10 nitrogen and oxygen atoms in total. The van der Waals surface area contributed by atoms with Crippen molar-refractivity contribution in [3.63, 3.8) is 0 Å². The molecule has 0 heterocycles. The second-order valence-corrected chi connectivity index (χ2v) is 8.59. The Kier molecular flexibility index (Phi) is 10.7. The van der Waals surface area contributed by atoms with Gasteiger partial charge in [-0.1, -0.05) is 24.6 Å². The minimum atomic E-state index is -0.939. The zero-order chi connectivity index (χ0) is 28.2. The molecule has 0 fully saturated rings. The summed E-state index contributed by atoms with van der Waals surface area (Å²) in [5.74, 6) is -0.822. The largest absolute Gasteiger partial charge is 0.494 e. The highest BCUT2D eigenvalue weighted by Crippen LogP contribution is 2.28. The Bertz CT molecular complexity index is 1340. The van der Waals surface area contributed by atoms with Crippen LogP contribution in [0.1, 0.15) is 24.5 Å². The molecule has 0 aliphatic carbocycles. The van der Waals surface area contributed by atoms with Crippen molar-refractivity contribution in [2.45, 2.75) is 20.3 Å². The van der Waals surface area contributed by atoms with Crippen molar-refractivity contribution in [2.24, 2.45) is 5.10 Å². The fourth-order valence-electron chi connectivity index (χ4n) is 3.21. The lowest BCUT2D eigenvalue weighted by atomic mass is 10.2. The molecule has 3 aromatic carbocycles. The van der Waals surface area contributed by atoms with Crippen LogP contribution < -0.4 is 30.3 Å². The number of methoxy groups -OCH3 is 1. The van der Waals surface area contributed by atoms with E-state index < -0.39 is 11.8 Å². The second-order valence-electron chi connectivity index (χ2n) is 8.19. The Hall–Kier alpha value is -4.57. The van der Waals surface area contributed by atoms with Crippen molar-refractivity contribution in [3.8, 4) is 17.2 Å². The van der Waals surface area contributed by atoms with Gasteiger partial charge >= 0.3 is 11.8 Å². The molecule has 204 valence electrons. The van der Waals surface area contributed by atoms with Crippen molar-refractivity contribution in [2.75, 3.05) is 31.0 Å². The first kappa shape index (κ1) is 29.0. The molecule has 0 bridgehead atoms. The van der Waals surface area contributed by atoms with E-state index in [0.29, 0.717) is 45.8 Å². The van der Waals surface area contributed by atoms with Crippen LogP contribution in [0.3, 0.4) is 0 Å². The molecule has 3 N–H and O–H groups in total. The lowest BCUT2D eigenvalue weighted by molar-refractivity contribution is -0.136. The maximum atomic E-state index is 12.3. The summed E-state index contributed by atoms with van der Waals surface area (Å²) in [5, 5.41) is 9.61. The first-order chi connectivity index (χ1) is 18.8. The molecule has 3 rings (SSSR count). The molecule has 11 heteroatoms. The van der Waals surface area contributed by atoms with Crippen LogP contribution in [0.25, 0.3) is 0 Å². The lowest BCUT2D eigenvalue weighted by Crippen LogP contribution is -2.32. The maximum Gasteiger partial charge on any atom is 0.329 e. The summed E-state index contributed by atoms with van der Waals surface area (Å²) >= 11 is 6.09. The van der Waals surface area contributed by atoms with Crippen LogP contribution in [0.2, 0.25) is 5.02 Å². The quantitative estimate of drug-likeness (QED) is 0.182. The number of rotatable bonds is 11. The van der Waals surface area contributed by atoms with Gasteiger partial charge in [-0.15, -0.1) is 0 Å². The molecular formula is C28H29ClN4O6. The lowest BCUT2D eigenvalue weighted by Gasteiger charge is -2.12. The Balaban J connectivity index is 1.50. The Morgan fingerprint density at radius 2 is 1.72 bits per heavy atom. The van der Waals surface area contributed by atoms with Crippen LogP contribution in [0.15, 0.2) is 65.8 Å². The van der Waals surface area contributed by atoms with Gasteiger partial charge in [0.15, 0.2) is 18.1 Å². The summed E-state index contributed by atoms with van der Waals surface area (Å²) in [6, 6.07) is 16.8. The average Bonchev–Trinajstić information content (AvgIpc) is 2.94. The highest BCUT2D eigenvalue weighted by molar-refractivity contribution is 6.39. The molecule has 39 heavy (non-hydrogen) atoms. The maximum absolute atomic E-state index is 12.3. The van der Waals surface area contributed by atoms with Crippen LogP contribution in [-0.2, 0) is 14.4 Å². The third-order valence-corrected chi connectivity index (χ3v) is 5.67. The summed E-state index contributed by atoms with van der Waals surface area (Å²) in [6.45, 7) is 4.15. The van der Waals surface area contributed by atoms with E-state index in [4.69, 9.17) is 25.8 Å². The third-order valence-electron chi connectivity index (χ3n) is 5.26. The number of hydrogen-bond acceptors (Lipinski definition) is 7. The van der Waals surface area contributed by atoms with E-state index in [-0.39, 0.29) is 12.5 Å². The minimum Gasteiger partial charge on any atom is -0.494 e. The topological polar surface area (TPSA) is 127 Å². The number of anilines is 2. The molecule has 0 atom stereocenters. The van der Waals surface area contributed by atoms with E-state index in [9.17, 15) is 14.4 Å². The highest BCUT2D eigenvalue weighted by atomic mass is 35.5. The van der Waals surface area contributed by atoms with Gasteiger partial charge in [0.2, 0.25) is 0 Å². The standard InChI is InChI=1S/C28H29ClN4O6/c1-4-14-38-21-11-9-20(10-12-21)31-27(35)28(36)33-30-16-19-8-13-24(25(15-19)37-3)39-17-26(34)32-23-7-5-6-22(29)18(23)2/h5-13,15-16H,4,14,17H2,1-3H3,(H,31,35)(H,32,34)(H,33,36)/b30-16-. The van der Waals surface area contributed by atoms with Crippen LogP contribution >= 0.6 is 11.6 Å². The number of hydrazone groups is 1. The SMILES string of the molecule is CCCOc1ccc(NC(=O)C(=O)N/N=C\c2ccc(OCC(=O)Nc3cccc(Cl)c3C)c(OC)c2)cc1. The molecule has 3 aromatic rings. The smallest absolute Gasteiger partial charge is 0.329 e. The fraction of sp³-hybridized carbons (Fsp3) is 0.214. The number of benzene rings is 3. The molecule has 0 radical (unpaired) electrons. The van der Waals surface area contributed by atoms with E-state index in [2.05, 4.69) is 21.2 Å². The van der Waals surface area contributed by atoms with Crippen LogP contribution in [-0.4, -0.2) is 44.3 Å². The number of carbonyl (C=O) groups excluding carboxylic acids is 3. The van der Waals surface area contributed by atoms with Gasteiger partial charge in [0.25, 0.3) is 5.91 Å². The molecule has 3 amide bonds. The van der Waals surface area contributed by atoms with Gasteiger partial charge in [0, 0.05) is 16.4 Å². The highest BCUT2D eigenvalue weighted by Gasteiger charge is 2.14. The molecule has 0 aliphatic rings. The summed E-state index contributed by atoms with van der Waals surface area (Å²) in [5.41, 5.74) is 4.53. The monoisotopic (exact) mass is 552 g/mol. The van der Waals surface area contributed by atoms with E-state index in [1.807, 2.05) is 6.92 Å². The number of halogens is 1. The van der Waals surface area contributed by atoms with Crippen molar-refractivity contribution in [1.82, 2.24) is 5.43 Å². The average molecular weight is 553 g/mol. The van der Waals surface area contributed by atoms with E-state index >= 15 is 0 Å². The summed E-state index contributed by atoms with van der Waals surface area (Å²) < 4.78 is 16.4. The van der Waals surface area contributed by atoms with Crippen molar-refractivity contribution >= 4 is 46.9 Å². The minimum absolute atomic E-state index is 0.255. The molecule has 0 spiro atoms. The fourth-order valence-corrected chi connectivity index (χ4v) is 3.39. The Morgan fingerprint density at radius 1 is 0.949 bits per heavy atom. The van der Waals surface area contributed by atoms with Crippen LogP contribution in [0, 0.1) is 6.92 Å². The van der Waals surface area contributed by atoms with Gasteiger partial charge in [0.05, 0.1) is 19.9 Å². The Labute approximate surface area is 231 Å². The second kappa shape index (κ2) is 14.4. The van der Waals surface area contributed by atoms with Crippen molar-refractivity contribution in [1.29, 1.82) is 0 Å². The van der Waals surface area contributed by atoms with Crippen molar-refractivity contribution in [3.05, 3.63) is 76.8 Å². The van der Waals surface area contributed by atoms with Gasteiger partial charge in [-0.2, -0.15) is 5.10 Å². The first-order valence-corrected chi connectivity index (χ1v) is 12.4. The first-order valence-electron chi connectivity index (χ1n) is 12.0. The van der Waals surface area contributed by atoms with Gasteiger partial charge in [-0.3, -0.25) is 14.4 Å². The molecule has 0 saturated heterocycles.